The summed E-state index contributed by atoms with van der Waals surface area (Å²) >= 11 is 0. The Kier molecular flexibility index (Phi) is 7.70. The van der Waals surface area contributed by atoms with Crippen molar-refractivity contribution in [3.05, 3.63) is 83.2 Å². The van der Waals surface area contributed by atoms with Crippen LogP contribution in [0.15, 0.2) is 60.8 Å². The second-order valence-corrected chi connectivity index (χ2v) is 8.93. The van der Waals surface area contributed by atoms with Crippen LogP contribution in [0.2, 0.25) is 0 Å². The maximum Gasteiger partial charge on any atom is 0.416 e. The predicted molar refractivity (Wildman–Crippen MR) is 131 cm³/mol. The van der Waals surface area contributed by atoms with Gasteiger partial charge in [-0.05, 0) is 53.9 Å². The highest BCUT2D eigenvalue weighted by Crippen LogP contribution is 2.42. The van der Waals surface area contributed by atoms with E-state index in [1.807, 2.05) is 29.9 Å². The zero-order chi connectivity index (χ0) is 25.9. The highest BCUT2D eigenvalue weighted by molar-refractivity contribution is 5.99. The van der Waals surface area contributed by atoms with Crippen LogP contribution in [0.1, 0.15) is 28.3 Å². The Morgan fingerprint density at radius 1 is 1.08 bits per heavy atom. The molecule has 0 radical (unpaired) electrons. The van der Waals surface area contributed by atoms with Gasteiger partial charge in [0.2, 0.25) is 0 Å². The summed E-state index contributed by atoms with van der Waals surface area (Å²) in [7, 11) is 3.47. The summed E-state index contributed by atoms with van der Waals surface area (Å²) in [5, 5.41) is 14.3. The lowest BCUT2D eigenvalue weighted by atomic mass is 9.86. The van der Waals surface area contributed by atoms with Crippen molar-refractivity contribution in [2.24, 2.45) is 7.05 Å². The zero-order valence-corrected chi connectivity index (χ0v) is 20.3. The van der Waals surface area contributed by atoms with Gasteiger partial charge in [-0.3, -0.25) is 4.79 Å². The molecule has 2 heterocycles. The van der Waals surface area contributed by atoms with Crippen LogP contribution in [0.5, 0.6) is 5.75 Å². The number of aryl methyl sites for hydroxylation is 1. The Balaban J connectivity index is 1.60. The standard InChI is InChI=1S/C27H30F3N3O3/c1-32-15-4-5-19(32)12-13-31-14-16-33-24-7-3-6-23(27(28,29)30)22(24)17-21(25(34)26(33)35)18-8-10-20(36-2)11-9-18/h3-11,15,21,25,31,34H,12-14,16-17H2,1-2H3/t21-,25+/m0/s1. The maximum absolute atomic E-state index is 14.0. The number of aliphatic hydroxyl groups is 1. The number of nitrogens with one attached hydrogen (secondary N) is 1. The molecule has 1 amide bonds. The molecule has 0 fully saturated rings. The molecule has 9 heteroatoms. The maximum atomic E-state index is 14.0. The lowest BCUT2D eigenvalue weighted by Crippen LogP contribution is -2.44. The van der Waals surface area contributed by atoms with E-state index < -0.39 is 29.7 Å². The number of rotatable bonds is 8. The third kappa shape index (κ3) is 5.42. The van der Waals surface area contributed by atoms with Crippen LogP contribution >= 0.6 is 0 Å². The largest absolute Gasteiger partial charge is 0.497 e. The number of fused-ring (bicyclic) bond motifs is 1. The summed E-state index contributed by atoms with van der Waals surface area (Å²) in [6.07, 6.45) is -3.47. The highest BCUT2D eigenvalue weighted by atomic mass is 19.4. The van der Waals surface area contributed by atoms with E-state index in [4.69, 9.17) is 4.74 Å². The second-order valence-electron chi connectivity index (χ2n) is 8.93. The van der Waals surface area contributed by atoms with Crippen molar-refractivity contribution in [3.8, 4) is 5.75 Å². The van der Waals surface area contributed by atoms with Crippen LogP contribution in [-0.4, -0.2) is 48.4 Å². The number of carbonyl (C=O) groups is 1. The minimum Gasteiger partial charge on any atom is -0.497 e. The normalized spacial score (nSPS) is 18.2. The van der Waals surface area contributed by atoms with Crippen molar-refractivity contribution in [2.45, 2.75) is 31.0 Å². The SMILES string of the molecule is COc1ccc([C@@H]2Cc3c(cccc3C(F)(F)F)N(CCNCCc3cccn3C)C(=O)[C@@H]2O)cc1. The van der Waals surface area contributed by atoms with Crippen LogP contribution in [0, 0.1) is 0 Å². The van der Waals surface area contributed by atoms with E-state index in [1.165, 1.54) is 24.1 Å². The molecule has 2 aromatic carbocycles. The molecule has 0 saturated heterocycles. The number of aliphatic hydroxyl groups excluding tert-OH is 1. The molecule has 3 aromatic rings. The summed E-state index contributed by atoms with van der Waals surface area (Å²) in [4.78, 5) is 14.7. The summed E-state index contributed by atoms with van der Waals surface area (Å²) in [5.41, 5.74) is 1.13. The van der Waals surface area contributed by atoms with E-state index in [1.54, 1.807) is 24.3 Å². The minimum absolute atomic E-state index is 0.0135. The number of amides is 1. The van der Waals surface area contributed by atoms with Crippen LogP contribution in [0.3, 0.4) is 0 Å². The molecular formula is C27H30F3N3O3. The number of aromatic nitrogens is 1. The van der Waals surface area contributed by atoms with Gasteiger partial charge in [0.05, 0.1) is 12.7 Å². The molecule has 1 aliphatic heterocycles. The number of methoxy groups -OCH3 is 1. The van der Waals surface area contributed by atoms with Crippen molar-refractivity contribution < 1.29 is 27.8 Å². The van der Waals surface area contributed by atoms with E-state index in [-0.39, 0.29) is 24.2 Å². The average molecular weight is 502 g/mol. The van der Waals surface area contributed by atoms with Crippen molar-refractivity contribution in [3.63, 3.8) is 0 Å². The van der Waals surface area contributed by atoms with Crippen LogP contribution in [0.4, 0.5) is 18.9 Å². The summed E-state index contributed by atoms with van der Waals surface area (Å²) in [6, 6.07) is 14.5. The molecule has 2 N–H and O–H groups in total. The molecule has 2 atom stereocenters. The van der Waals surface area contributed by atoms with E-state index in [0.717, 1.165) is 18.2 Å². The van der Waals surface area contributed by atoms with Gasteiger partial charge in [0.15, 0.2) is 0 Å². The van der Waals surface area contributed by atoms with E-state index in [0.29, 0.717) is 24.4 Å². The molecule has 0 bridgehead atoms. The Morgan fingerprint density at radius 2 is 1.83 bits per heavy atom. The molecule has 36 heavy (non-hydrogen) atoms. The monoisotopic (exact) mass is 501 g/mol. The molecule has 0 aliphatic carbocycles. The summed E-state index contributed by atoms with van der Waals surface area (Å²) in [5.74, 6) is -0.869. The van der Waals surface area contributed by atoms with Crippen molar-refractivity contribution in [1.82, 2.24) is 9.88 Å². The number of benzene rings is 2. The Hall–Kier alpha value is -3.30. The third-order valence-corrected chi connectivity index (χ3v) is 6.74. The van der Waals surface area contributed by atoms with Gasteiger partial charge in [-0.1, -0.05) is 18.2 Å². The fraction of sp³-hybridized carbons (Fsp3) is 0.370. The van der Waals surface area contributed by atoms with Gasteiger partial charge in [-0.15, -0.1) is 0 Å². The number of hydrogen-bond donors (Lipinski definition) is 2. The Labute approximate surface area is 208 Å². The van der Waals surface area contributed by atoms with E-state index in [9.17, 15) is 23.1 Å². The van der Waals surface area contributed by atoms with E-state index in [2.05, 4.69) is 5.32 Å². The molecule has 6 nitrogen and oxygen atoms in total. The molecule has 1 aromatic heterocycles. The first-order valence-electron chi connectivity index (χ1n) is 11.8. The first-order chi connectivity index (χ1) is 17.2. The zero-order valence-electron chi connectivity index (χ0n) is 20.3. The number of alkyl halides is 3. The van der Waals surface area contributed by atoms with Gasteiger partial charge < -0.3 is 24.6 Å². The molecule has 4 rings (SSSR count). The highest BCUT2D eigenvalue weighted by Gasteiger charge is 2.41. The minimum atomic E-state index is -4.59. The van der Waals surface area contributed by atoms with Gasteiger partial charge in [0.1, 0.15) is 11.9 Å². The molecule has 0 saturated carbocycles. The number of anilines is 1. The molecule has 1 aliphatic rings. The first kappa shape index (κ1) is 25.8. The molecular weight excluding hydrogens is 471 g/mol. The topological polar surface area (TPSA) is 66.7 Å². The fourth-order valence-corrected chi connectivity index (χ4v) is 4.76. The van der Waals surface area contributed by atoms with Crippen molar-refractivity contribution in [1.29, 1.82) is 0 Å². The number of carbonyl (C=O) groups excluding carboxylic acids is 1. The van der Waals surface area contributed by atoms with Gasteiger partial charge >= 0.3 is 6.18 Å². The van der Waals surface area contributed by atoms with Gasteiger partial charge in [0, 0.05) is 56.6 Å². The molecule has 0 spiro atoms. The summed E-state index contributed by atoms with van der Waals surface area (Å²) < 4.78 is 49.1. The lowest BCUT2D eigenvalue weighted by Gasteiger charge is -2.26. The van der Waals surface area contributed by atoms with Crippen molar-refractivity contribution >= 4 is 11.6 Å². The second kappa shape index (κ2) is 10.8. The predicted octanol–water partition coefficient (Wildman–Crippen LogP) is 3.92. The van der Waals surface area contributed by atoms with Gasteiger partial charge in [-0.25, -0.2) is 0 Å². The summed E-state index contributed by atoms with van der Waals surface area (Å²) in [6.45, 7) is 1.14. The van der Waals surface area contributed by atoms with Gasteiger partial charge in [0.25, 0.3) is 5.91 Å². The van der Waals surface area contributed by atoms with E-state index >= 15 is 0 Å². The lowest BCUT2D eigenvalue weighted by molar-refractivity contribution is -0.138. The number of nitrogens with zero attached hydrogens (tertiary/aromatic N) is 2. The average Bonchev–Trinajstić information content (AvgIpc) is 3.23. The van der Waals surface area contributed by atoms with Crippen LogP contribution in [0.25, 0.3) is 0 Å². The van der Waals surface area contributed by atoms with Crippen LogP contribution < -0.4 is 15.0 Å². The first-order valence-corrected chi connectivity index (χ1v) is 11.8. The fourth-order valence-electron chi connectivity index (χ4n) is 4.76. The Morgan fingerprint density at radius 3 is 2.47 bits per heavy atom. The number of halogens is 3. The van der Waals surface area contributed by atoms with Gasteiger partial charge in [-0.2, -0.15) is 13.2 Å². The molecule has 192 valence electrons. The van der Waals surface area contributed by atoms with Crippen molar-refractivity contribution in [2.75, 3.05) is 31.6 Å². The van der Waals surface area contributed by atoms with Crippen LogP contribution in [-0.2, 0) is 30.9 Å². The number of ether oxygens (including phenoxy) is 1. The molecule has 0 unspecified atom stereocenters. The smallest absolute Gasteiger partial charge is 0.416 e. The quantitative estimate of drug-likeness (QED) is 0.460. The third-order valence-electron chi connectivity index (χ3n) is 6.74. The number of hydrogen-bond acceptors (Lipinski definition) is 4. The Bertz CT molecular complexity index is 1190.